The molecule has 0 atom stereocenters. The number of anilines is 1. The average Bonchev–Trinajstić information content (AvgIpc) is 3.09. The average molecular weight is 299 g/mol. The highest BCUT2D eigenvalue weighted by Gasteiger charge is 2.29. The molecule has 0 amide bonds. The predicted molar refractivity (Wildman–Crippen MR) is 85.3 cm³/mol. The van der Waals surface area contributed by atoms with Crippen LogP contribution in [0.5, 0.6) is 0 Å². The minimum Gasteiger partial charge on any atom is -0.397 e. The molecule has 2 heterocycles. The molecular weight excluding hydrogens is 282 g/mol. The summed E-state index contributed by atoms with van der Waals surface area (Å²) in [5, 5.41) is 6.15. The van der Waals surface area contributed by atoms with Crippen molar-refractivity contribution in [3.63, 3.8) is 0 Å². The fourth-order valence-electron chi connectivity index (χ4n) is 2.17. The van der Waals surface area contributed by atoms with Crippen molar-refractivity contribution >= 4 is 17.0 Å². The Balaban J connectivity index is 2.00. The summed E-state index contributed by atoms with van der Waals surface area (Å²) in [6.07, 6.45) is 0. The third-order valence-corrected chi connectivity index (χ3v) is 4.80. The second-order valence-electron chi connectivity index (χ2n) is 5.58. The van der Waals surface area contributed by atoms with Crippen LogP contribution in [0, 0.1) is 6.92 Å². The maximum atomic E-state index is 6.05. The number of benzene rings is 1. The van der Waals surface area contributed by atoms with Gasteiger partial charge in [-0.05, 0) is 37.3 Å². The molecule has 1 aromatic carbocycles. The van der Waals surface area contributed by atoms with Crippen molar-refractivity contribution in [1.82, 2.24) is 10.1 Å². The minimum absolute atomic E-state index is 0.315. The van der Waals surface area contributed by atoms with E-state index < -0.39 is 0 Å². The van der Waals surface area contributed by atoms with Gasteiger partial charge < -0.3 is 10.3 Å². The number of nitrogens with two attached hydrogens (primary N) is 1. The molecule has 5 heteroatoms. The maximum Gasteiger partial charge on any atom is 0.270 e. The Morgan fingerprint density at radius 1 is 1.19 bits per heavy atom. The smallest absolute Gasteiger partial charge is 0.270 e. The van der Waals surface area contributed by atoms with Crippen molar-refractivity contribution in [1.29, 1.82) is 0 Å². The van der Waals surface area contributed by atoms with Crippen molar-refractivity contribution < 1.29 is 4.52 Å². The van der Waals surface area contributed by atoms with Crippen molar-refractivity contribution in [2.45, 2.75) is 26.2 Å². The van der Waals surface area contributed by atoms with E-state index in [2.05, 4.69) is 36.1 Å². The molecule has 0 aliphatic heterocycles. The summed E-state index contributed by atoms with van der Waals surface area (Å²) in [5.41, 5.74) is 8.63. The number of nitrogens with zero attached hydrogens (tertiary/aromatic N) is 2. The number of thiophene rings is 1. The van der Waals surface area contributed by atoms with E-state index in [-0.39, 0.29) is 5.41 Å². The Morgan fingerprint density at radius 3 is 2.52 bits per heavy atom. The van der Waals surface area contributed by atoms with Crippen molar-refractivity contribution in [2.24, 2.45) is 0 Å². The molecule has 0 spiro atoms. The molecule has 0 aliphatic carbocycles. The normalized spacial score (nSPS) is 11.8. The van der Waals surface area contributed by atoms with E-state index in [0.717, 1.165) is 16.0 Å². The Hall–Kier alpha value is -2.14. The molecule has 0 radical (unpaired) electrons. The van der Waals surface area contributed by atoms with Crippen LogP contribution >= 0.6 is 11.3 Å². The van der Waals surface area contributed by atoms with Crippen molar-refractivity contribution in [2.75, 3.05) is 5.73 Å². The number of aryl methyl sites for hydroxylation is 1. The lowest BCUT2D eigenvalue weighted by molar-refractivity contribution is 0.409. The quantitative estimate of drug-likeness (QED) is 0.793. The van der Waals surface area contributed by atoms with Crippen molar-refractivity contribution in [3.05, 3.63) is 52.7 Å². The zero-order chi connectivity index (χ0) is 15.0. The lowest BCUT2D eigenvalue weighted by atomic mass is 9.84. The first-order chi connectivity index (χ1) is 10.00. The summed E-state index contributed by atoms with van der Waals surface area (Å²) in [5.74, 6) is 1.15. The molecule has 2 aromatic heterocycles. The molecule has 0 aliphatic rings. The fraction of sp³-hybridized carbons (Fsp3) is 0.250. The van der Waals surface area contributed by atoms with Gasteiger partial charge in [-0.25, -0.2) is 0 Å². The molecule has 108 valence electrons. The molecule has 0 bridgehead atoms. The molecular formula is C16H17N3OS. The largest absolute Gasteiger partial charge is 0.397 e. The van der Waals surface area contributed by atoms with Crippen LogP contribution < -0.4 is 5.73 Å². The molecule has 21 heavy (non-hydrogen) atoms. The first kappa shape index (κ1) is 13.8. The summed E-state index contributed by atoms with van der Waals surface area (Å²) in [6.45, 7) is 6.14. The first-order valence-electron chi connectivity index (χ1n) is 6.74. The van der Waals surface area contributed by atoms with Gasteiger partial charge in [-0.3, -0.25) is 0 Å². The van der Waals surface area contributed by atoms with Gasteiger partial charge in [-0.15, -0.1) is 11.3 Å². The van der Waals surface area contributed by atoms with Gasteiger partial charge >= 0.3 is 0 Å². The molecule has 0 unspecified atom stereocenters. The number of hydrogen-bond donors (Lipinski definition) is 1. The highest BCUT2D eigenvalue weighted by molar-refractivity contribution is 7.14. The first-order valence-corrected chi connectivity index (χ1v) is 7.62. The Kier molecular flexibility index (Phi) is 3.29. The number of hydrogen-bond acceptors (Lipinski definition) is 5. The Morgan fingerprint density at radius 2 is 1.90 bits per heavy atom. The second kappa shape index (κ2) is 5.00. The molecule has 3 aromatic rings. The van der Waals surface area contributed by atoms with Crippen LogP contribution in [0.4, 0.5) is 5.69 Å². The summed E-state index contributed by atoms with van der Waals surface area (Å²) in [4.78, 5) is 5.40. The molecule has 4 nitrogen and oxygen atoms in total. The van der Waals surface area contributed by atoms with Gasteiger partial charge in [0.1, 0.15) is 4.88 Å². The van der Waals surface area contributed by atoms with E-state index in [1.807, 2.05) is 30.5 Å². The van der Waals surface area contributed by atoms with Gasteiger partial charge in [-0.1, -0.05) is 35.5 Å². The third-order valence-electron chi connectivity index (χ3n) is 3.70. The van der Waals surface area contributed by atoms with Crippen LogP contribution in [-0.2, 0) is 5.41 Å². The highest BCUT2D eigenvalue weighted by atomic mass is 32.1. The second-order valence-corrected chi connectivity index (χ2v) is 6.46. The number of nitrogen functional groups attached to an aromatic ring is 1. The Bertz CT molecular complexity index is 759. The summed E-state index contributed by atoms with van der Waals surface area (Å²) in [7, 11) is 0. The topological polar surface area (TPSA) is 64.9 Å². The standard InChI is InChI=1S/C16H17N3OS/c1-10-9-21-13(12(10)17)14-18-15(19-20-14)16(2,3)11-7-5-4-6-8-11/h4-9H,17H2,1-3H3. The molecule has 2 N–H and O–H groups in total. The van der Waals surface area contributed by atoms with Crippen LogP contribution in [0.15, 0.2) is 40.2 Å². The van der Waals surface area contributed by atoms with E-state index in [1.54, 1.807) is 0 Å². The van der Waals surface area contributed by atoms with Crippen LogP contribution in [-0.4, -0.2) is 10.1 Å². The molecule has 0 saturated carbocycles. The Labute approximate surface area is 127 Å². The fourth-order valence-corrected chi connectivity index (χ4v) is 3.07. The summed E-state index contributed by atoms with van der Waals surface area (Å²) < 4.78 is 5.42. The van der Waals surface area contributed by atoms with E-state index in [0.29, 0.717) is 17.4 Å². The maximum absolute atomic E-state index is 6.05. The van der Waals surface area contributed by atoms with Crippen LogP contribution in [0.3, 0.4) is 0 Å². The zero-order valence-corrected chi connectivity index (χ0v) is 13.1. The molecule has 3 rings (SSSR count). The van der Waals surface area contributed by atoms with Gasteiger partial charge in [0.15, 0.2) is 5.82 Å². The van der Waals surface area contributed by atoms with Crippen LogP contribution in [0.25, 0.3) is 10.8 Å². The number of aromatic nitrogens is 2. The van der Waals surface area contributed by atoms with E-state index in [1.165, 1.54) is 11.3 Å². The third kappa shape index (κ3) is 2.34. The monoisotopic (exact) mass is 299 g/mol. The van der Waals surface area contributed by atoms with Gasteiger partial charge in [0.25, 0.3) is 5.89 Å². The SMILES string of the molecule is Cc1csc(-c2nc(C(C)(C)c3ccccc3)no2)c1N. The lowest BCUT2D eigenvalue weighted by Crippen LogP contribution is -2.20. The van der Waals surface area contributed by atoms with Gasteiger partial charge in [0.05, 0.1) is 11.1 Å². The minimum atomic E-state index is -0.315. The van der Waals surface area contributed by atoms with Gasteiger partial charge in [-0.2, -0.15) is 4.98 Å². The zero-order valence-electron chi connectivity index (χ0n) is 12.3. The van der Waals surface area contributed by atoms with E-state index in [9.17, 15) is 0 Å². The lowest BCUT2D eigenvalue weighted by Gasteiger charge is -2.20. The van der Waals surface area contributed by atoms with E-state index >= 15 is 0 Å². The van der Waals surface area contributed by atoms with Crippen molar-refractivity contribution in [3.8, 4) is 10.8 Å². The highest BCUT2D eigenvalue weighted by Crippen LogP contribution is 2.36. The van der Waals surface area contributed by atoms with Crippen LogP contribution in [0.1, 0.15) is 30.8 Å². The number of rotatable bonds is 3. The van der Waals surface area contributed by atoms with Gasteiger partial charge in [0, 0.05) is 0 Å². The summed E-state index contributed by atoms with van der Waals surface area (Å²) in [6, 6.07) is 10.2. The van der Waals surface area contributed by atoms with Crippen LogP contribution in [0.2, 0.25) is 0 Å². The predicted octanol–water partition coefficient (Wildman–Crippen LogP) is 4.01. The van der Waals surface area contributed by atoms with E-state index in [4.69, 9.17) is 10.3 Å². The van der Waals surface area contributed by atoms with Gasteiger partial charge in [0.2, 0.25) is 0 Å². The summed E-state index contributed by atoms with van der Waals surface area (Å²) >= 11 is 1.53. The molecule has 0 fully saturated rings. The molecule has 0 saturated heterocycles.